The van der Waals surface area contributed by atoms with Gasteiger partial charge in [0.15, 0.2) is 0 Å². The van der Waals surface area contributed by atoms with Crippen molar-refractivity contribution < 1.29 is 9.90 Å². The molecule has 3 rings (SSSR count). The van der Waals surface area contributed by atoms with Crippen LogP contribution in [0.4, 0.5) is 0 Å². The Hall–Kier alpha value is -1.39. The van der Waals surface area contributed by atoms with Gasteiger partial charge in [0.25, 0.3) is 0 Å². The van der Waals surface area contributed by atoms with Crippen LogP contribution in [0, 0.1) is 5.92 Å². The number of nitrogens with zero attached hydrogens (tertiary/aromatic N) is 1. The van der Waals surface area contributed by atoms with Crippen LogP contribution in [0.1, 0.15) is 31.2 Å². The first-order chi connectivity index (χ1) is 10.2. The highest BCUT2D eigenvalue weighted by atomic mass is 16.3. The van der Waals surface area contributed by atoms with E-state index in [0.717, 1.165) is 45.3 Å². The van der Waals surface area contributed by atoms with Gasteiger partial charge in [-0.1, -0.05) is 30.3 Å². The SMILES string of the molecule is O=C(NC1CC1)C(O)C1CCN(Cc2ccccc2)CC1. The van der Waals surface area contributed by atoms with Gasteiger partial charge in [0.2, 0.25) is 5.91 Å². The summed E-state index contributed by atoms with van der Waals surface area (Å²) in [5.41, 5.74) is 1.32. The van der Waals surface area contributed by atoms with E-state index in [1.807, 2.05) is 6.07 Å². The Labute approximate surface area is 126 Å². The van der Waals surface area contributed by atoms with Crippen LogP contribution in [0.3, 0.4) is 0 Å². The number of aliphatic hydroxyl groups is 1. The molecule has 2 aliphatic rings. The number of aliphatic hydroxyl groups excluding tert-OH is 1. The van der Waals surface area contributed by atoms with Crippen LogP contribution in [-0.2, 0) is 11.3 Å². The summed E-state index contributed by atoms with van der Waals surface area (Å²) in [6.07, 6.45) is 3.09. The van der Waals surface area contributed by atoms with Crippen LogP contribution >= 0.6 is 0 Å². The Morgan fingerprint density at radius 2 is 1.86 bits per heavy atom. The maximum atomic E-state index is 11.9. The zero-order valence-corrected chi connectivity index (χ0v) is 12.4. The van der Waals surface area contributed by atoms with Crippen LogP contribution in [0.5, 0.6) is 0 Å². The Morgan fingerprint density at radius 3 is 2.48 bits per heavy atom. The van der Waals surface area contributed by atoms with E-state index in [-0.39, 0.29) is 11.8 Å². The van der Waals surface area contributed by atoms with Gasteiger partial charge >= 0.3 is 0 Å². The quantitative estimate of drug-likeness (QED) is 0.864. The molecule has 1 aromatic rings. The van der Waals surface area contributed by atoms with Crippen molar-refractivity contribution in [2.75, 3.05) is 13.1 Å². The fourth-order valence-corrected chi connectivity index (χ4v) is 3.00. The minimum absolute atomic E-state index is 0.107. The van der Waals surface area contributed by atoms with E-state index in [0.29, 0.717) is 6.04 Å². The van der Waals surface area contributed by atoms with E-state index in [1.165, 1.54) is 5.56 Å². The molecular weight excluding hydrogens is 264 g/mol. The molecule has 1 heterocycles. The van der Waals surface area contributed by atoms with Gasteiger partial charge in [-0.05, 0) is 50.3 Å². The molecule has 1 saturated carbocycles. The monoisotopic (exact) mass is 288 g/mol. The number of nitrogens with one attached hydrogen (secondary N) is 1. The summed E-state index contributed by atoms with van der Waals surface area (Å²) in [6, 6.07) is 10.8. The van der Waals surface area contributed by atoms with Crippen LogP contribution in [0.25, 0.3) is 0 Å². The zero-order chi connectivity index (χ0) is 14.7. The van der Waals surface area contributed by atoms with Gasteiger partial charge in [-0.3, -0.25) is 9.69 Å². The van der Waals surface area contributed by atoms with Gasteiger partial charge in [0.1, 0.15) is 6.10 Å². The first-order valence-electron chi connectivity index (χ1n) is 7.97. The highest BCUT2D eigenvalue weighted by Crippen LogP contribution is 2.24. The number of amides is 1. The topological polar surface area (TPSA) is 52.6 Å². The Bertz CT molecular complexity index is 465. The molecule has 1 amide bonds. The van der Waals surface area contributed by atoms with Crippen LogP contribution in [-0.4, -0.2) is 41.1 Å². The fraction of sp³-hybridized carbons (Fsp3) is 0.588. The maximum Gasteiger partial charge on any atom is 0.249 e. The van der Waals surface area contributed by atoms with Crippen molar-refractivity contribution in [2.45, 2.75) is 44.4 Å². The molecule has 1 aliphatic carbocycles. The van der Waals surface area contributed by atoms with E-state index in [9.17, 15) is 9.90 Å². The molecule has 0 radical (unpaired) electrons. The molecule has 0 bridgehead atoms. The fourth-order valence-electron chi connectivity index (χ4n) is 3.00. The van der Waals surface area contributed by atoms with Gasteiger partial charge in [0, 0.05) is 12.6 Å². The molecule has 1 aromatic carbocycles. The number of benzene rings is 1. The number of rotatable bonds is 5. The molecule has 0 aromatic heterocycles. The van der Waals surface area contributed by atoms with E-state index >= 15 is 0 Å². The summed E-state index contributed by atoms with van der Waals surface area (Å²) in [7, 11) is 0. The van der Waals surface area contributed by atoms with Crippen LogP contribution in [0.15, 0.2) is 30.3 Å². The number of hydrogen-bond acceptors (Lipinski definition) is 3. The molecule has 4 heteroatoms. The second-order valence-corrected chi connectivity index (χ2v) is 6.33. The molecule has 21 heavy (non-hydrogen) atoms. The Morgan fingerprint density at radius 1 is 1.19 bits per heavy atom. The third-order valence-corrected chi connectivity index (χ3v) is 4.52. The van der Waals surface area contributed by atoms with E-state index < -0.39 is 6.10 Å². The largest absolute Gasteiger partial charge is 0.383 e. The standard InChI is InChI=1S/C17H24N2O2/c20-16(17(21)18-15-6-7-15)14-8-10-19(11-9-14)12-13-4-2-1-3-5-13/h1-5,14-16,20H,6-12H2,(H,18,21). The third kappa shape index (κ3) is 4.05. The van der Waals surface area contributed by atoms with Crippen LogP contribution < -0.4 is 5.32 Å². The van der Waals surface area contributed by atoms with E-state index in [1.54, 1.807) is 0 Å². The van der Waals surface area contributed by atoms with Gasteiger partial charge in [0.05, 0.1) is 0 Å². The lowest BCUT2D eigenvalue weighted by atomic mass is 9.90. The molecule has 2 N–H and O–H groups in total. The summed E-state index contributed by atoms with van der Waals surface area (Å²) >= 11 is 0. The van der Waals surface area contributed by atoms with Gasteiger partial charge in [-0.15, -0.1) is 0 Å². The Balaban J connectivity index is 1.44. The summed E-state index contributed by atoms with van der Waals surface area (Å²) in [5, 5.41) is 13.1. The minimum Gasteiger partial charge on any atom is -0.383 e. The van der Waals surface area contributed by atoms with Crippen molar-refractivity contribution in [3.05, 3.63) is 35.9 Å². The average Bonchev–Trinajstić information content (AvgIpc) is 3.32. The Kier molecular flexibility index (Phi) is 4.56. The first kappa shape index (κ1) is 14.5. The summed E-state index contributed by atoms with van der Waals surface area (Å²) < 4.78 is 0. The molecule has 1 atom stereocenters. The second kappa shape index (κ2) is 6.58. The molecule has 0 spiro atoms. The number of hydrogen-bond donors (Lipinski definition) is 2. The molecule has 1 aliphatic heterocycles. The lowest BCUT2D eigenvalue weighted by Gasteiger charge is -2.33. The molecular formula is C17H24N2O2. The van der Waals surface area contributed by atoms with Crippen molar-refractivity contribution in [1.82, 2.24) is 10.2 Å². The molecule has 1 unspecified atom stereocenters. The molecule has 4 nitrogen and oxygen atoms in total. The smallest absolute Gasteiger partial charge is 0.249 e. The first-order valence-corrected chi connectivity index (χ1v) is 7.97. The summed E-state index contributed by atoms with van der Waals surface area (Å²) in [6.45, 7) is 2.86. The number of piperidine rings is 1. The maximum absolute atomic E-state index is 11.9. The number of likely N-dealkylation sites (tertiary alicyclic amines) is 1. The average molecular weight is 288 g/mol. The van der Waals surface area contributed by atoms with E-state index in [2.05, 4.69) is 34.5 Å². The number of carbonyl (C=O) groups is 1. The molecule has 114 valence electrons. The minimum atomic E-state index is -0.829. The van der Waals surface area contributed by atoms with Gasteiger partial charge < -0.3 is 10.4 Å². The van der Waals surface area contributed by atoms with Crippen LogP contribution in [0.2, 0.25) is 0 Å². The third-order valence-electron chi connectivity index (χ3n) is 4.52. The molecule has 2 fully saturated rings. The lowest BCUT2D eigenvalue weighted by molar-refractivity contribution is -0.133. The zero-order valence-electron chi connectivity index (χ0n) is 12.4. The number of carbonyl (C=O) groups excluding carboxylic acids is 1. The predicted octanol–water partition coefficient (Wildman–Crippen LogP) is 1.54. The van der Waals surface area contributed by atoms with Crippen molar-refractivity contribution in [1.29, 1.82) is 0 Å². The van der Waals surface area contributed by atoms with Crippen molar-refractivity contribution in [3.8, 4) is 0 Å². The highest BCUT2D eigenvalue weighted by molar-refractivity contribution is 5.81. The summed E-state index contributed by atoms with van der Waals surface area (Å²) in [4.78, 5) is 14.3. The van der Waals surface area contributed by atoms with Gasteiger partial charge in [-0.2, -0.15) is 0 Å². The van der Waals surface area contributed by atoms with Crippen molar-refractivity contribution in [3.63, 3.8) is 0 Å². The predicted molar refractivity (Wildman–Crippen MR) is 81.6 cm³/mol. The molecule has 1 saturated heterocycles. The summed E-state index contributed by atoms with van der Waals surface area (Å²) in [5.74, 6) is -0.0604. The second-order valence-electron chi connectivity index (χ2n) is 6.33. The van der Waals surface area contributed by atoms with Crippen molar-refractivity contribution in [2.24, 2.45) is 5.92 Å². The normalized spacial score (nSPS) is 22.0. The van der Waals surface area contributed by atoms with Crippen molar-refractivity contribution >= 4 is 5.91 Å². The lowest BCUT2D eigenvalue weighted by Crippen LogP contribution is -2.44. The van der Waals surface area contributed by atoms with Gasteiger partial charge in [-0.25, -0.2) is 0 Å². The highest BCUT2D eigenvalue weighted by Gasteiger charge is 2.32. The van der Waals surface area contributed by atoms with E-state index in [4.69, 9.17) is 0 Å².